The predicted octanol–water partition coefficient (Wildman–Crippen LogP) is 2.58. The Morgan fingerprint density at radius 2 is 1.74 bits per heavy atom. The van der Waals surface area contributed by atoms with Gasteiger partial charge in [-0.1, -0.05) is 0 Å². The van der Waals surface area contributed by atoms with Crippen LogP contribution in [0.25, 0.3) is 0 Å². The van der Waals surface area contributed by atoms with Crippen molar-refractivity contribution >= 4 is 11.6 Å². The van der Waals surface area contributed by atoms with Gasteiger partial charge in [-0.3, -0.25) is 4.79 Å². The lowest BCUT2D eigenvalue weighted by molar-refractivity contribution is -0.297. The van der Waals surface area contributed by atoms with Gasteiger partial charge in [-0.15, -0.1) is 0 Å². The molecular weight excluding hydrogens is 369 g/mol. The molecular formula is C17H19F3N2O5. The Morgan fingerprint density at radius 3 is 2.15 bits per heavy atom. The third kappa shape index (κ3) is 3.18. The Kier molecular flexibility index (Phi) is 4.71. The van der Waals surface area contributed by atoms with Gasteiger partial charge in [0, 0.05) is 17.7 Å². The van der Waals surface area contributed by atoms with E-state index in [1.807, 2.05) is 0 Å². The maximum Gasteiger partial charge on any atom is 0.438 e. The van der Waals surface area contributed by atoms with E-state index < -0.39 is 24.2 Å². The molecule has 1 aliphatic heterocycles. The summed E-state index contributed by atoms with van der Waals surface area (Å²) in [5.74, 6) is -0.866. The number of alkyl halides is 3. The van der Waals surface area contributed by atoms with E-state index in [4.69, 9.17) is 14.2 Å². The highest BCUT2D eigenvalue weighted by Crippen LogP contribution is 2.46. The van der Waals surface area contributed by atoms with Gasteiger partial charge in [0.2, 0.25) is 5.75 Å². The number of ether oxygens (including phenoxy) is 3. The maximum atomic E-state index is 13.6. The van der Waals surface area contributed by atoms with Crippen LogP contribution in [-0.4, -0.2) is 55.0 Å². The van der Waals surface area contributed by atoms with Crippen molar-refractivity contribution in [3.05, 3.63) is 17.7 Å². The van der Waals surface area contributed by atoms with Gasteiger partial charge in [-0.2, -0.15) is 23.3 Å². The molecule has 3 rings (SSSR count). The molecule has 1 heterocycles. The smallest absolute Gasteiger partial charge is 0.438 e. The standard InChI is InChI=1S/C17H19F3N2O5/c1-25-12-6-10(7-13(26-2)14(12)27-3)15(23)22-16(24,17(18,19)20)8-11(21-22)9-4-5-9/h6-7,9,24H,4-5,8H2,1-3H3/t16-/m0/s1. The molecule has 0 unspecified atom stereocenters. The summed E-state index contributed by atoms with van der Waals surface area (Å²) in [7, 11) is 3.99. The fraction of sp³-hybridized carbons (Fsp3) is 0.529. The van der Waals surface area contributed by atoms with Crippen molar-refractivity contribution < 1.29 is 37.3 Å². The van der Waals surface area contributed by atoms with E-state index in [1.54, 1.807) is 0 Å². The van der Waals surface area contributed by atoms with E-state index >= 15 is 0 Å². The number of aliphatic hydroxyl groups is 1. The molecule has 1 aliphatic carbocycles. The molecule has 10 heteroatoms. The van der Waals surface area contributed by atoms with Crippen molar-refractivity contribution in [3.8, 4) is 17.2 Å². The molecule has 1 N–H and O–H groups in total. The molecule has 0 spiro atoms. The molecule has 0 bridgehead atoms. The molecule has 0 aromatic heterocycles. The Bertz CT molecular complexity index is 766. The number of amides is 1. The molecule has 1 aromatic carbocycles. The monoisotopic (exact) mass is 388 g/mol. The number of methoxy groups -OCH3 is 3. The minimum Gasteiger partial charge on any atom is -0.493 e. The van der Waals surface area contributed by atoms with Gasteiger partial charge in [0.05, 0.1) is 21.3 Å². The molecule has 27 heavy (non-hydrogen) atoms. The topological polar surface area (TPSA) is 80.6 Å². The number of halogens is 3. The van der Waals surface area contributed by atoms with Gasteiger partial charge >= 0.3 is 6.18 Å². The second kappa shape index (κ2) is 6.59. The Hall–Kier alpha value is -2.49. The maximum absolute atomic E-state index is 13.6. The first-order chi connectivity index (χ1) is 12.7. The first-order valence-corrected chi connectivity index (χ1v) is 8.17. The van der Waals surface area contributed by atoms with E-state index in [0.29, 0.717) is 12.8 Å². The van der Waals surface area contributed by atoms with Crippen LogP contribution in [0.2, 0.25) is 0 Å². The highest BCUT2D eigenvalue weighted by molar-refractivity contribution is 6.00. The lowest BCUT2D eigenvalue weighted by Crippen LogP contribution is -2.56. The average Bonchev–Trinajstić information content (AvgIpc) is 3.41. The average molecular weight is 388 g/mol. The Labute approximate surface area is 153 Å². The lowest BCUT2D eigenvalue weighted by Gasteiger charge is -2.32. The third-order valence-corrected chi connectivity index (χ3v) is 4.61. The molecule has 7 nitrogen and oxygen atoms in total. The zero-order chi connectivity index (χ0) is 20.0. The van der Waals surface area contributed by atoms with Crippen LogP contribution in [0.1, 0.15) is 29.6 Å². The molecule has 0 radical (unpaired) electrons. The number of carbonyl (C=O) groups is 1. The number of nitrogens with zero attached hydrogens (tertiary/aromatic N) is 2. The Morgan fingerprint density at radius 1 is 1.19 bits per heavy atom. The van der Waals surface area contributed by atoms with Crippen molar-refractivity contribution in [1.82, 2.24) is 5.01 Å². The van der Waals surface area contributed by atoms with E-state index in [9.17, 15) is 23.1 Å². The van der Waals surface area contributed by atoms with E-state index in [1.165, 1.54) is 33.5 Å². The number of hydrazone groups is 1. The molecule has 1 atom stereocenters. The predicted molar refractivity (Wildman–Crippen MR) is 88.0 cm³/mol. The highest BCUT2D eigenvalue weighted by atomic mass is 19.4. The van der Waals surface area contributed by atoms with E-state index in [0.717, 1.165) is 0 Å². The number of carbonyl (C=O) groups excluding carboxylic acids is 1. The van der Waals surface area contributed by atoms with Crippen LogP contribution < -0.4 is 14.2 Å². The van der Waals surface area contributed by atoms with E-state index in [2.05, 4.69) is 5.10 Å². The van der Waals surface area contributed by atoms with Crippen LogP contribution in [0.5, 0.6) is 17.2 Å². The van der Waals surface area contributed by atoms with Crippen molar-refractivity contribution in [2.24, 2.45) is 11.0 Å². The summed E-state index contributed by atoms with van der Waals surface area (Å²) in [6.07, 6.45) is -4.43. The molecule has 1 amide bonds. The largest absolute Gasteiger partial charge is 0.493 e. The molecule has 1 aromatic rings. The van der Waals surface area contributed by atoms with Crippen molar-refractivity contribution in [2.75, 3.05) is 21.3 Å². The quantitative estimate of drug-likeness (QED) is 0.839. The van der Waals surface area contributed by atoms with Crippen LogP contribution in [0.4, 0.5) is 13.2 Å². The van der Waals surface area contributed by atoms with Crippen molar-refractivity contribution in [1.29, 1.82) is 0 Å². The van der Waals surface area contributed by atoms with Crippen LogP contribution in [0, 0.1) is 5.92 Å². The summed E-state index contributed by atoms with van der Waals surface area (Å²) in [5.41, 5.74) is -3.40. The zero-order valence-corrected chi connectivity index (χ0v) is 15.0. The first-order valence-electron chi connectivity index (χ1n) is 8.17. The van der Waals surface area contributed by atoms with Gasteiger partial charge in [-0.05, 0) is 30.9 Å². The second-order valence-corrected chi connectivity index (χ2v) is 6.39. The summed E-state index contributed by atoms with van der Waals surface area (Å²) in [5, 5.41) is 14.2. The summed E-state index contributed by atoms with van der Waals surface area (Å²) in [6, 6.07) is 2.43. The third-order valence-electron chi connectivity index (χ3n) is 4.61. The molecule has 148 valence electrons. The van der Waals surface area contributed by atoms with Gasteiger partial charge in [0.25, 0.3) is 11.6 Å². The summed E-state index contributed by atoms with van der Waals surface area (Å²) < 4.78 is 56.0. The van der Waals surface area contributed by atoms with Crippen molar-refractivity contribution in [2.45, 2.75) is 31.2 Å². The molecule has 1 saturated carbocycles. The number of hydrogen-bond donors (Lipinski definition) is 1. The van der Waals surface area contributed by atoms with Crippen LogP contribution >= 0.6 is 0 Å². The van der Waals surface area contributed by atoms with Crippen LogP contribution in [0.15, 0.2) is 17.2 Å². The molecule has 1 fully saturated rings. The number of hydrogen-bond acceptors (Lipinski definition) is 6. The summed E-state index contributed by atoms with van der Waals surface area (Å²) in [6.45, 7) is 0. The summed E-state index contributed by atoms with van der Waals surface area (Å²) >= 11 is 0. The SMILES string of the molecule is COc1cc(C(=O)N2N=C(C3CC3)C[C@]2(O)C(F)(F)F)cc(OC)c1OC. The fourth-order valence-electron chi connectivity index (χ4n) is 2.98. The highest BCUT2D eigenvalue weighted by Gasteiger charge is 2.64. The Balaban J connectivity index is 2.05. The normalized spacial score (nSPS) is 22.5. The van der Waals surface area contributed by atoms with Crippen LogP contribution in [-0.2, 0) is 0 Å². The molecule has 2 aliphatic rings. The van der Waals surface area contributed by atoms with Crippen molar-refractivity contribution in [3.63, 3.8) is 0 Å². The van der Waals surface area contributed by atoms with Gasteiger partial charge in [0.1, 0.15) is 0 Å². The lowest BCUT2D eigenvalue weighted by atomic mass is 10.0. The van der Waals surface area contributed by atoms with Crippen LogP contribution in [0.3, 0.4) is 0 Å². The first kappa shape index (κ1) is 19.3. The van der Waals surface area contributed by atoms with Gasteiger partial charge < -0.3 is 19.3 Å². The summed E-state index contributed by atoms with van der Waals surface area (Å²) in [4.78, 5) is 12.8. The number of benzene rings is 1. The molecule has 0 saturated heterocycles. The van der Waals surface area contributed by atoms with Gasteiger partial charge in [0.15, 0.2) is 11.5 Å². The number of rotatable bonds is 5. The minimum atomic E-state index is -5.07. The second-order valence-electron chi connectivity index (χ2n) is 6.39. The van der Waals surface area contributed by atoms with E-state index in [-0.39, 0.29) is 39.5 Å². The minimum absolute atomic E-state index is 0.0985. The van der Waals surface area contributed by atoms with Gasteiger partial charge in [-0.25, -0.2) is 0 Å². The fourth-order valence-corrected chi connectivity index (χ4v) is 2.98. The zero-order valence-electron chi connectivity index (χ0n) is 15.0.